The van der Waals surface area contributed by atoms with Crippen molar-refractivity contribution in [3.63, 3.8) is 0 Å². The second-order valence-corrected chi connectivity index (χ2v) is 6.08. The monoisotopic (exact) mass is 303 g/mol. The van der Waals surface area contributed by atoms with Gasteiger partial charge in [0.1, 0.15) is 11.6 Å². The number of anilines is 1. The first-order valence-corrected chi connectivity index (χ1v) is 7.64. The maximum Gasteiger partial charge on any atom is 0.270 e. The van der Waals surface area contributed by atoms with Crippen LogP contribution in [0.5, 0.6) is 11.5 Å². The van der Waals surface area contributed by atoms with Crippen LogP contribution in [-0.4, -0.2) is 28.8 Å². The zero-order chi connectivity index (χ0) is 14.2. The van der Waals surface area contributed by atoms with E-state index < -0.39 is 6.10 Å². The van der Waals surface area contributed by atoms with E-state index in [1.54, 1.807) is 6.07 Å². The fourth-order valence-electron chi connectivity index (χ4n) is 2.11. The minimum Gasteiger partial charge on any atom is -0.485 e. The molecule has 2 aliphatic rings. The van der Waals surface area contributed by atoms with Crippen LogP contribution in [0.3, 0.4) is 0 Å². The van der Waals surface area contributed by atoms with E-state index in [-0.39, 0.29) is 12.5 Å². The van der Waals surface area contributed by atoms with Gasteiger partial charge in [0.2, 0.25) is 11.2 Å². The lowest BCUT2D eigenvalue weighted by Crippen LogP contribution is -2.40. The minimum atomic E-state index is -0.673. The van der Waals surface area contributed by atoms with Crippen LogP contribution in [0.4, 0.5) is 5.13 Å². The van der Waals surface area contributed by atoms with Crippen molar-refractivity contribution in [2.24, 2.45) is 0 Å². The summed E-state index contributed by atoms with van der Waals surface area (Å²) in [5.41, 5.74) is 0. The first-order valence-electron chi connectivity index (χ1n) is 6.82. The van der Waals surface area contributed by atoms with Gasteiger partial charge in [0.25, 0.3) is 5.91 Å². The number of rotatable bonds is 3. The third-order valence-electron chi connectivity index (χ3n) is 3.40. The summed E-state index contributed by atoms with van der Waals surface area (Å²) in [6, 6.07) is 7.30. The Balaban J connectivity index is 1.43. The minimum absolute atomic E-state index is 0.192. The number of amides is 1. The Morgan fingerprint density at radius 1 is 1.24 bits per heavy atom. The number of benzene rings is 1. The van der Waals surface area contributed by atoms with Crippen LogP contribution in [0, 0.1) is 0 Å². The highest BCUT2D eigenvalue weighted by Gasteiger charge is 2.30. The number of ether oxygens (including phenoxy) is 2. The topological polar surface area (TPSA) is 73.3 Å². The molecule has 2 heterocycles. The molecule has 0 bridgehead atoms. The maximum atomic E-state index is 12.2. The van der Waals surface area contributed by atoms with E-state index in [1.165, 1.54) is 24.2 Å². The van der Waals surface area contributed by atoms with Gasteiger partial charge in [-0.05, 0) is 25.0 Å². The van der Waals surface area contributed by atoms with Crippen LogP contribution >= 0.6 is 11.3 Å². The first kappa shape index (κ1) is 12.6. The smallest absolute Gasteiger partial charge is 0.270 e. The molecule has 1 aromatic carbocycles. The molecule has 1 amide bonds. The van der Waals surface area contributed by atoms with Gasteiger partial charge in [-0.15, -0.1) is 10.2 Å². The largest absolute Gasteiger partial charge is 0.485 e. The molecule has 0 radical (unpaired) electrons. The molecule has 21 heavy (non-hydrogen) atoms. The van der Waals surface area contributed by atoms with Gasteiger partial charge < -0.3 is 9.47 Å². The van der Waals surface area contributed by atoms with Gasteiger partial charge in [-0.3, -0.25) is 10.1 Å². The van der Waals surface area contributed by atoms with E-state index in [0.29, 0.717) is 22.5 Å². The quantitative estimate of drug-likeness (QED) is 0.941. The fraction of sp³-hybridized carbons (Fsp3) is 0.357. The molecule has 6 nitrogen and oxygen atoms in total. The maximum absolute atomic E-state index is 12.2. The summed E-state index contributed by atoms with van der Waals surface area (Å²) in [6.45, 7) is 0.192. The normalized spacial score (nSPS) is 20.1. The molecular formula is C14H13N3O3S. The summed E-state index contributed by atoms with van der Waals surface area (Å²) in [4.78, 5) is 12.2. The number of carbonyl (C=O) groups is 1. The lowest BCUT2D eigenvalue weighted by atomic mass is 10.2. The molecule has 0 saturated heterocycles. The van der Waals surface area contributed by atoms with E-state index in [2.05, 4.69) is 15.5 Å². The second-order valence-electron chi connectivity index (χ2n) is 5.07. The molecule has 2 aromatic rings. The Morgan fingerprint density at radius 3 is 2.86 bits per heavy atom. The lowest BCUT2D eigenvalue weighted by Gasteiger charge is -2.25. The third-order valence-corrected chi connectivity index (χ3v) is 4.40. The number of aromatic nitrogens is 2. The van der Waals surface area contributed by atoms with Gasteiger partial charge in [-0.1, -0.05) is 23.5 Å². The van der Waals surface area contributed by atoms with Gasteiger partial charge >= 0.3 is 0 Å². The highest BCUT2D eigenvalue weighted by molar-refractivity contribution is 7.15. The molecule has 1 fully saturated rings. The molecular weight excluding hydrogens is 290 g/mol. The highest BCUT2D eigenvalue weighted by Crippen LogP contribution is 2.42. The predicted octanol–water partition coefficient (Wildman–Crippen LogP) is 2.19. The highest BCUT2D eigenvalue weighted by atomic mass is 32.1. The third kappa shape index (κ3) is 2.56. The number of nitrogens with zero attached hydrogens (tertiary/aromatic N) is 2. The molecule has 1 atom stereocenters. The zero-order valence-corrected chi connectivity index (χ0v) is 11.9. The summed E-state index contributed by atoms with van der Waals surface area (Å²) in [6.07, 6.45) is 1.66. The van der Waals surface area contributed by atoms with Crippen molar-refractivity contribution in [2.45, 2.75) is 24.9 Å². The summed E-state index contributed by atoms with van der Waals surface area (Å²) in [5, 5.41) is 12.4. The van der Waals surface area contributed by atoms with Crippen molar-refractivity contribution < 1.29 is 14.3 Å². The van der Waals surface area contributed by atoms with Crippen molar-refractivity contribution in [1.29, 1.82) is 0 Å². The van der Waals surface area contributed by atoms with Crippen LogP contribution < -0.4 is 14.8 Å². The lowest BCUT2D eigenvalue weighted by molar-refractivity contribution is -0.125. The molecule has 108 valence electrons. The van der Waals surface area contributed by atoms with Crippen LogP contribution in [0.1, 0.15) is 23.8 Å². The molecule has 1 N–H and O–H groups in total. The zero-order valence-electron chi connectivity index (χ0n) is 11.1. The van der Waals surface area contributed by atoms with Gasteiger partial charge in [0, 0.05) is 5.92 Å². The standard InChI is InChI=1S/C14H13N3O3S/c18-12(15-14-17-16-13(21-14)8-5-6-8)11-7-19-9-3-1-2-4-10(9)20-11/h1-4,8,11H,5-7H2,(H,15,17,18)/t11-/m0/s1. The molecule has 1 aliphatic carbocycles. The molecule has 7 heteroatoms. The predicted molar refractivity (Wildman–Crippen MR) is 76.9 cm³/mol. The number of nitrogens with one attached hydrogen (secondary N) is 1. The summed E-state index contributed by atoms with van der Waals surface area (Å²) in [7, 11) is 0. The average Bonchev–Trinajstić information content (AvgIpc) is 3.27. The van der Waals surface area contributed by atoms with E-state index in [9.17, 15) is 4.79 Å². The Morgan fingerprint density at radius 2 is 2.05 bits per heavy atom. The summed E-state index contributed by atoms with van der Waals surface area (Å²) >= 11 is 1.43. The summed E-state index contributed by atoms with van der Waals surface area (Å²) < 4.78 is 11.2. The number of hydrogen-bond donors (Lipinski definition) is 1. The van der Waals surface area contributed by atoms with E-state index in [4.69, 9.17) is 9.47 Å². The number of para-hydroxylation sites is 2. The van der Waals surface area contributed by atoms with Crippen molar-refractivity contribution in [3.8, 4) is 11.5 Å². The van der Waals surface area contributed by atoms with Crippen LogP contribution in [0.2, 0.25) is 0 Å². The van der Waals surface area contributed by atoms with Gasteiger partial charge in [-0.2, -0.15) is 0 Å². The molecule has 0 unspecified atom stereocenters. The van der Waals surface area contributed by atoms with Crippen molar-refractivity contribution in [1.82, 2.24) is 10.2 Å². The van der Waals surface area contributed by atoms with Crippen LogP contribution in [0.15, 0.2) is 24.3 Å². The van der Waals surface area contributed by atoms with Crippen LogP contribution in [-0.2, 0) is 4.79 Å². The van der Waals surface area contributed by atoms with Crippen LogP contribution in [0.25, 0.3) is 0 Å². The van der Waals surface area contributed by atoms with Gasteiger partial charge in [-0.25, -0.2) is 0 Å². The molecule has 1 saturated carbocycles. The number of fused-ring (bicyclic) bond motifs is 1. The van der Waals surface area contributed by atoms with E-state index in [0.717, 1.165) is 5.01 Å². The molecule has 4 rings (SSSR count). The van der Waals surface area contributed by atoms with E-state index in [1.807, 2.05) is 18.2 Å². The molecule has 1 aliphatic heterocycles. The SMILES string of the molecule is O=C(Nc1nnc(C2CC2)s1)[C@@H]1COc2ccccc2O1. The Hall–Kier alpha value is -2.15. The Labute approximate surface area is 125 Å². The van der Waals surface area contributed by atoms with Crippen molar-refractivity contribution >= 4 is 22.4 Å². The Kier molecular flexibility index (Phi) is 2.99. The van der Waals surface area contributed by atoms with E-state index >= 15 is 0 Å². The Bertz CT molecular complexity index is 684. The molecule has 1 aromatic heterocycles. The second kappa shape index (κ2) is 5.00. The van der Waals surface area contributed by atoms with Crippen molar-refractivity contribution in [2.75, 3.05) is 11.9 Å². The molecule has 0 spiro atoms. The average molecular weight is 303 g/mol. The van der Waals surface area contributed by atoms with Gasteiger partial charge in [0.15, 0.2) is 11.5 Å². The number of carbonyl (C=O) groups excluding carboxylic acids is 1. The fourth-order valence-corrected chi connectivity index (χ4v) is 3.03. The number of hydrogen-bond acceptors (Lipinski definition) is 6. The first-order chi connectivity index (χ1) is 10.3. The van der Waals surface area contributed by atoms with Gasteiger partial charge in [0.05, 0.1) is 0 Å². The summed E-state index contributed by atoms with van der Waals surface area (Å²) in [5.74, 6) is 1.52. The van der Waals surface area contributed by atoms with Crippen molar-refractivity contribution in [3.05, 3.63) is 29.3 Å².